The molecule has 5 heteroatoms. The number of halogens is 1. The van der Waals surface area contributed by atoms with Gasteiger partial charge in [-0.25, -0.2) is 0 Å². The number of carbonyl (C=O) groups excluding carboxylic acids is 1. The van der Waals surface area contributed by atoms with E-state index in [9.17, 15) is 9.90 Å². The molecule has 0 aromatic heterocycles. The summed E-state index contributed by atoms with van der Waals surface area (Å²) in [4.78, 5) is 14.3. The maximum atomic E-state index is 12.5. The molecule has 1 aliphatic heterocycles. The van der Waals surface area contributed by atoms with E-state index in [1.165, 1.54) is 0 Å². The van der Waals surface area contributed by atoms with Gasteiger partial charge < -0.3 is 10.0 Å². The van der Waals surface area contributed by atoms with E-state index >= 15 is 0 Å². The molecule has 19 heavy (non-hydrogen) atoms. The summed E-state index contributed by atoms with van der Waals surface area (Å²) >= 11 is 5.24. The zero-order chi connectivity index (χ0) is 14.0. The first kappa shape index (κ1) is 14.7. The number of phenolic OH excluding ortho intramolecular Hbond substituents is 1. The number of amides is 1. The van der Waals surface area contributed by atoms with Gasteiger partial charge in [0.2, 0.25) is 0 Å². The molecule has 1 saturated heterocycles. The summed E-state index contributed by atoms with van der Waals surface area (Å²) in [5.74, 6) is 0.898. The lowest BCUT2D eigenvalue weighted by atomic mass is 10.1. The Balaban J connectivity index is 2.17. The van der Waals surface area contributed by atoms with E-state index in [1.54, 1.807) is 18.2 Å². The zero-order valence-corrected chi connectivity index (χ0v) is 13.6. The fourth-order valence-electron chi connectivity index (χ4n) is 2.07. The third-order valence-corrected chi connectivity index (χ3v) is 5.18. The van der Waals surface area contributed by atoms with Crippen molar-refractivity contribution >= 4 is 33.6 Å². The van der Waals surface area contributed by atoms with Crippen LogP contribution in [0.1, 0.15) is 30.6 Å². The molecule has 1 fully saturated rings. The Labute approximate surface area is 126 Å². The highest BCUT2D eigenvalue weighted by Crippen LogP contribution is 2.32. The van der Waals surface area contributed by atoms with Crippen molar-refractivity contribution in [2.75, 3.05) is 18.8 Å². The lowest BCUT2D eigenvalue weighted by molar-refractivity contribution is 0.0761. The summed E-state index contributed by atoms with van der Waals surface area (Å²) in [6.45, 7) is 5.90. The Morgan fingerprint density at radius 2 is 2.16 bits per heavy atom. The van der Waals surface area contributed by atoms with E-state index < -0.39 is 0 Å². The van der Waals surface area contributed by atoms with Gasteiger partial charge in [-0.15, -0.1) is 0 Å². The normalized spacial score (nSPS) is 19.0. The molecule has 0 atom stereocenters. The summed E-state index contributed by atoms with van der Waals surface area (Å²) < 4.78 is 1.02. The number of aromatic hydroxyl groups is 1. The van der Waals surface area contributed by atoms with Crippen LogP contribution in [-0.2, 0) is 0 Å². The van der Waals surface area contributed by atoms with Gasteiger partial charge in [-0.1, -0.05) is 29.8 Å². The third kappa shape index (κ3) is 3.66. The predicted octanol–water partition coefficient (Wildman–Crippen LogP) is 3.51. The van der Waals surface area contributed by atoms with Crippen LogP contribution in [0.3, 0.4) is 0 Å². The quantitative estimate of drug-likeness (QED) is 0.848. The summed E-state index contributed by atoms with van der Waals surface area (Å²) in [5, 5.41) is 9.84. The molecule has 0 bridgehead atoms. The number of rotatable bonds is 1. The van der Waals surface area contributed by atoms with Crippen molar-refractivity contribution in [3.8, 4) is 5.75 Å². The zero-order valence-electron chi connectivity index (χ0n) is 11.1. The minimum absolute atomic E-state index is 0.0457. The molecule has 0 spiro atoms. The number of hydrogen-bond donors (Lipinski definition) is 1. The van der Waals surface area contributed by atoms with Gasteiger partial charge in [0.25, 0.3) is 5.91 Å². The van der Waals surface area contributed by atoms with E-state index in [1.807, 2.05) is 16.7 Å². The van der Waals surface area contributed by atoms with Crippen LogP contribution in [0.2, 0.25) is 0 Å². The molecule has 1 aliphatic rings. The Hall–Kier alpha value is -0.680. The number of benzene rings is 1. The van der Waals surface area contributed by atoms with Gasteiger partial charge in [-0.2, -0.15) is 11.8 Å². The molecule has 0 aliphatic carbocycles. The van der Waals surface area contributed by atoms with Crippen molar-refractivity contribution in [2.45, 2.75) is 25.0 Å². The highest BCUT2D eigenvalue weighted by Gasteiger charge is 2.27. The molecule has 1 heterocycles. The van der Waals surface area contributed by atoms with Gasteiger partial charge in [0.05, 0.1) is 5.56 Å². The van der Waals surface area contributed by atoms with E-state index in [-0.39, 0.29) is 16.4 Å². The molecule has 1 aromatic carbocycles. The summed E-state index contributed by atoms with van der Waals surface area (Å²) in [5.41, 5.74) is 0.374. The Morgan fingerprint density at radius 1 is 1.42 bits per heavy atom. The molecule has 0 unspecified atom stereocenters. The second-order valence-electron chi connectivity index (χ2n) is 5.31. The van der Waals surface area contributed by atoms with Gasteiger partial charge in [0.15, 0.2) is 0 Å². The van der Waals surface area contributed by atoms with Crippen molar-refractivity contribution < 1.29 is 9.90 Å². The van der Waals surface area contributed by atoms with Gasteiger partial charge in [0.1, 0.15) is 5.75 Å². The molecule has 3 nitrogen and oxygen atoms in total. The van der Waals surface area contributed by atoms with Crippen molar-refractivity contribution in [1.29, 1.82) is 0 Å². The van der Waals surface area contributed by atoms with Crippen LogP contribution in [0, 0.1) is 0 Å². The third-order valence-electron chi connectivity index (χ3n) is 3.31. The highest BCUT2D eigenvalue weighted by atomic mass is 79.9. The molecule has 1 amide bonds. The number of hydrogen-bond acceptors (Lipinski definition) is 3. The molecule has 1 aromatic rings. The second kappa shape index (κ2) is 5.75. The maximum Gasteiger partial charge on any atom is 0.257 e. The minimum Gasteiger partial charge on any atom is -0.507 e. The fourth-order valence-corrected chi connectivity index (χ4v) is 3.53. The van der Waals surface area contributed by atoms with Crippen LogP contribution in [0.15, 0.2) is 22.7 Å². The van der Waals surface area contributed by atoms with Crippen LogP contribution in [-0.4, -0.2) is 39.5 Å². The Kier molecular flexibility index (Phi) is 4.46. The summed E-state index contributed by atoms with van der Waals surface area (Å²) in [6, 6.07) is 4.96. The summed E-state index contributed by atoms with van der Waals surface area (Å²) in [6.07, 6.45) is 0.970. The Bertz CT molecular complexity index is 490. The van der Waals surface area contributed by atoms with Crippen LogP contribution < -0.4 is 0 Å². The first-order chi connectivity index (χ1) is 8.89. The SMILES string of the molecule is CC1(C)CCN(C(=O)c2cc(Br)ccc2O)CCS1. The second-order valence-corrected chi connectivity index (χ2v) is 8.03. The first-order valence-electron chi connectivity index (χ1n) is 6.31. The van der Waals surface area contributed by atoms with Crippen molar-refractivity contribution in [3.05, 3.63) is 28.2 Å². The first-order valence-corrected chi connectivity index (χ1v) is 8.09. The molecule has 1 N–H and O–H groups in total. The smallest absolute Gasteiger partial charge is 0.257 e. The fraction of sp³-hybridized carbons (Fsp3) is 0.500. The highest BCUT2D eigenvalue weighted by molar-refractivity contribution is 9.10. The van der Waals surface area contributed by atoms with Crippen molar-refractivity contribution in [2.24, 2.45) is 0 Å². The number of nitrogens with zero attached hydrogens (tertiary/aromatic N) is 1. The van der Waals surface area contributed by atoms with Gasteiger partial charge in [0, 0.05) is 28.1 Å². The lowest BCUT2D eigenvalue weighted by Gasteiger charge is -2.23. The van der Waals surface area contributed by atoms with E-state index in [0.29, 0.717) is 5.56 Å². The van der Waals surface area contributed by atoms with Gasteiger partial charge in [-0.05, 0) is 24.6 Å². The van der Waals surface area contributed by atoms with E-state index in [4.69, 9.17) is 0 Å². The van der Waals surface area contributed by atoms with Crippen LogP contribution >= 0.6 is 27.7 Å². The van der Waals surface area contributed by atoms with Crippen LogP contribution in [0.25, 0.3) is 0 Å². The predicted molar refractivity (Wildman–Crippen MR) is 82.9 cm³/mol. The molecule has 2 rings (SSSR count). The number of thioether (sulfide) groups is 1. The molecule has 104 valence electrons. The molecular formula is C14H18BrNO2S. The number of phenols is 1. The standard InChI is InChI=1S/C14H18BrNO2S/c1-14(2)5-6-16(7-8-19-14)13(18)11-9-10(15)3-4-12(11)17/h3-4,9,17H,5-8H2,1-2H3. The molecule has 0 saturated carbocycles. The average Bonchev–Trinajstić information content (AvgIpc) is 2.52. The van der Waals surface area contributed by atoms with Crippen LogP contribution in [0.4, 0.5) is 0 Å². The number of carbonyl (C=O) groups is 1. The largest absolute Gasteiger partial charge is 0.507 e. The van der Waals surface area contributed by atoms with Gasteiger partial charge in [-0.3, -0.25) is 4.79 Å². The maximum absolute atomic E-state index is 12.5. The topological polar surface area (TPSA) is 40.5 Å². The van der Waals surface area contributed by atoms with E-state index in [0.717, 1.165) is 29.7 Å². The molecule has 0 radical (unpaired) electrons. The lowest BCUT2D eigenvalue weighted by Crippen LogP contribution is -2.33. The van der Waals surface area contributed by atoms with Crippen molar-refractivity contribution in [3.63, 3.8) is 0 Å². The molecular weight excluding hydrogens is 326 g/mol. The average molecular weight is 344 g/mol. The summed E-state index contributed by atoms with van der Waals surface area (Å²) in [7, 11) is 0. The Morgan fingerprint density at radius 3 is 2.89 bits per heavy atom. The monoisotopic (exact) mass is 343 g/mol. The van der Waals surface area contributed by atoms with Crippen molar-refractivity contribution in [1.82, 2.24) is 4.90 Å². The van der Waals surface area contributed by atoms with Crippen LogP contribution in [0.5, 0.6) is 5.75 Å². The minimum atomic E-state index is -0.0860. The van der Waals surface area contributed by atoms with E-state index in [2.05, 4.69) is 29.8 Å². The van der Waals surface area contributed by atoms with Gasteiger partial charge >= 0.3 is 0 Å².